The Bertz CT molecular complexity index is 1070. The summed E-state index contributed by atoms with van der Waals surface area (Å²) in [7, 11) is -3.53. The third-order valence-corrected chi connectivity index (χ3v) is 7.22. The number of fused-ring (bicyclic) bond motifs is 1. The molecule has 6 nitrogen and oxygen atoms in total. The van der Waals surface area contributed by atoms with E-state index in [0.29, 0.717) is 23.8 Å². The van der Waals surface area contributed by atoms with Gasteiger partial charge >= 0.3 is 0 Å². The van der Waals surface area contributed by atoms with Crippen LogP contribution in [0.15, 0.2) is 47.4 Å². The van der Waals surface area contributed by atoms with E-state index < -0.39 is 10.0 Å². The number of thiazole rings is 1. The van der Waals surface area contributed by atoms with Crippen LogP contribution in [0.4, 0.5) is 5.13 Å². The summed E-state index contributed by atoms with van der Waals surface area (Å²) in [6.07, 6.45) is 0. The standard InChI is InChI=1S/C19H21N3O3S2/c1-4-22(5-2)27(24,25)15-9-7-14(8-10-15)18(23)21-19-20-16-11-6-13(3)12-17(16)26-19/h6-12H,4-5H2,1-3H3,(H,20,21,23). The van der Waals surface area contributed by atoms with Crippen LogP contribution in [0, 0.1) is 6.92 Å². The lowest BCUT2D eigenvalue weighted by Crippen LogP contribution is -2.30. The van der Waals surface area contributed by atoms with E-state index >= 15 is 0 Å². The van der Waals surface area contributed by atoms with Crippen molar-refractivity contribution in [1.29, 1.82) is 0 Å². The number of rotatable bonds is 6. The highest BCUT2D eigenvalue weighted by Gasteiger charge is 2.21. The van der Waals surface area contributed by atoms with Crippen LogP contribution in [0.1, 0.15) is 29.8 Å². The maximum absolute atomic E-state index is 12.5. The van der Waals surface area contributed by atoms with Crippen LogP contribution in [0.25, 0.3) is 10.2 Å². The molecule has 1 N–H and O–H groups in total. The molecular formula is C19H21N3O3S2. The lowest BCUT2D eigenvalue weighted by molar-refractivity contribution is 0.102. The first-order chi connectivity index (χ1) is 12.8. The number of carbonyl (C=O) groups excluding carboxylic acids is 1. The fourth-order valence-corrected chi connectivity index (χ4v) is 5.16. The molecule has 0 aliphatic carbocycles. The van der Waals surface area contributed by atoms with Crippen molar-refractivity contribution in [2.75, 3.05) is 18.4 Å². The van der Waals surface area contributed by atoms with Gasteiger partial charge in [0.1, 0.15) is 0 Å². The summed E-state index contributed by atoms with van der Waals surface area (Å²) in [6, 6.07) is 11.9. The molecule has 1 heterocycles. The zero-order valence-corrected chi connectivity index (χ0v) is 17.0. The van der Waals surface area contributed by atoms with Gasteiger partial charge in [-0.3, -0.25) is 10.1 Å². The molecule has 0 radical (unpaired) electrons. The Morgan fingerprint density at radius 1 is 1.11 bits per heavy atom. The lowest BCUT2D eigenvalue weighted by atomic mass is 10.2. The maximum Gasteiger partial charge on any atom is 0.257 e. The number of hydrogen-bond donors (Lipinski definition) is 1. The van der Waals surface area contributed by atoms with E-state index in [1.54, 1.807) is 13.8 Å². The van der Waals surface area contributed by atoms with Gasteiger partial charge in [0.25, 0.3) is 5.91 Å². The molecule has 2 aromatic carbocycles. The van der Waals surface area contributed by atoms with Gasteiger partial charge in [0.05, 0.1) is 15.1 Å². The third kappa shape index (κ3) is 4.02. The number of nitrogens with one attached hydrogen (secondary N) is 1. The topological polar surface area (TPSA) is 79.4 Å². The molecule has 1 amide bonds. The number of anilines is 1. The van der Waals surface area contributed by atoms with Crippen molar-refractivity contribution < 1.29 is 13.2 Å². The Morgan fingerprint density at radius 2 is 1.78 bits per heavy atom. The van der Waals surface area contributed by atoms with Crippen molar-refractivity contribution in [3.63, 3.8) is 0 Å². The second kappa shape index (κ2) is 7.75. The fourth-order valence-electron chi connectivity index (χ4n) is 2.75. The van der Waals surface area contributed by atoms with Crippen molar-refractivity contribution in [3.8, 4) is 0 Å². The van der Waals surface area contributed by atoms with E-state index in [9.17, 15) is 13.2 Å². The van der Waals surface area contributed by atoms with Crippen molar-refractivity contribution in [2.45, 2.75) is 25.7 Å². The smallest absolute Gasteiger partial charge is 0.257 e. The molecule has 142 valence electrons. The molecule has 0 fully saturated rings. The van der Waals surface area contributed by atoms with E-state index in [4.69, 9.17) is 0 Å². The third-order valence-electron chi connectivity index (χ3n) is 4.22. The van der Waals surface area contributed by atoms with Crippen LogP contribution in [0.2, 0.25) is 0 Å². The highest BCUT2D eigenvalue weighted by Crippen LogP contribution is 2.27. The van der Waals surface area contributed by atoms with Crippen LogP contribution in [0.5, 0.6) is 0 Å². The first-order valence-electron chi connectivity index (χ1n) is 8.64. The Kier molecular flexibility index (Phi) is 5.59. The van der Waals surface area contributed by atoms with Gasteiger partial charge in [-0.25, -0.2) is 13.4 Å². The predicted octanol–water partition coefficient (Wildman–Crippen LogP) is 3.89. The molecule has 0 saturated carbocycles. The normalized spacial score (nSPS) is 11.9. The predicted molar refractivity (Wildman–Crippen MR) is 109 cm³/mol. The molecule has 0 bridgehead atoms. The molecule has 3 rings (SSSR count). The van der Waals surface area contributed by atoms with E-state index in [1.807, 2.05) is 25.1 Å². The quantitative estimate of drug-likeness (QED) is 0.677. The summed E-state index contributed by atoms with van der Waals surface area (Å²) in [5.74, 6) is -0.322. The van der Waals surface area contributed by atoms with Crippen molar-refractivity contribution in [1.82, 2.24) is 9.29 Å². The van der Waals surface area contributed by atoms with Crippen LogP contribution >= 0.6 is 11.3 Å². The van der Waals surface area contributed by atoms with E-state index in [1.165, 1.54) is 39.9 Å². The fraction of sp³-hybridized carbons (Fsp3) is 0.263. The first-order valence-corrected chi connectivity index (χ1v) is 10.9. The SMILES string of the molecule is CCN(CC)S(=O)(=O)c1ccc(C(=O)Nc2nc3ccc(C)cc3s2)cc1. The molecule has 0 saturated heterocycles. The van der Waals surface area contributed by atoms with Gasteiger partial charge in [0.2, 0.25) is 10.0 Å². The second-order valence-corrected chi connectivity index (χ2v) is 9.03. The second-order valence-electron chi connectivity index (χ2n) is 6.06. The molecule has 0 aliphatic rings. The Labute approximate surface area is 162 Å². The lowest BCUT2D eigenvalue weighted by Gasteiger charge is -2.18. The Hall–Kier alpha value is -2.29. The first kappa shape index (κ1) is 19.5. The van der Waals surface area contributed by atoms with Crippen LogP contribution in [-0.2, 0) is 10.0 Å². The number of carbonyl (C=O) groups is 1. The summed E-state index contributed by atoms with van der Waals surface area (Å²) in [6.45, 7) is 6.40. The van der Waals surface area contributed by atoms with Crippen molar-refractivity contribution >= 4 is 42.6 Å². The number of nitrogens with zero attached hydrogens (tertiary/aromatic N) is 2. The summed E-state index contributed by atoms with van der Waals surface area (Å²) in [5.41, 5.74) is 2.35. The minimum atomic E-state index is -3.53. The molecule has 0 atom stereocenters. The van der Waals surface area contributed by atoms with Crippen LogP contribution in [0.3, 0.4) is 0 Å². The van der Waals surface area contributed by atoms with Gasteiger partial charge in [0, 0.05) is 18.7 Å². The number of aromatic nitrogens is 1. The molecule has 1 aromatic heterocycles. The minimum absolute atomic E-state index is 0.179. The number of aryl methyl sites for hydroxylation is 1. The van der Waals surface area contributed by atoms with Gasteiger partial charge in [0.15, 0.2) is 5.13 Å². The summed E-state index contributed by atoms with van der Waals surface area (Å²) in [5, 5.41) is 3.29. The van der Waals surface area contributed by atoms with Crippen LogP contribution in [-0.4, -0.2) is 36.7 Å². The zero-order valence-electron chi connectivity index (χ0n) is 15.4. The summed E-state index contributed by atoms with van der Waals surface area (Å²) >= 11 is 1.41. The molecule has 0 unspecified atom stereocenters. The average molecular weight is 404 g/mol. The Morgan fingerprint density at radius 3 is 2.41 bits per heavy atom. The van der Waals surface area contributed by atoms with E-state index in [-0.39, 0.29) is 10.8 Å². The zero-order chi connectivity index (χ0) is 19.6. The minimum Gasteiger partial charge on any atom is -0.298 e. The van der Waals surface area contributed by atoms with Gasteiger partial charge in [-0.2, -0.15) is 4.31 Å². The van der Waals surface area contributed by atoms with Crippen molar-refractivity contribution in [2.24, 2.45) is 0 Å². The van der Waals surface area contributed by atoms with Crippen molar-refractivity contribution in [3.05, 3.63) is 53.6 Å². The number of benzene rings is 2. The van der Waals surface area contributed by atoms with Gasteiger partial charge in [-0.15, -0.1) is 0 Å². The highest BCUT2D eigenvalue weighted by molar-refractivity contribution is 7.89. The molecule has 8 heteroatoms. The number of sulfonamides is 1. The molecule has 3 aromatic rings. The Balaban J connectivity index is 1.79. The monoisotopic (exact) mass is 403 g/mol. The van der Waals surface area contributed by atoms with E-state index in [0.717, 1.165) is 15.8 Å². The average Bonchev–Trinajstić information content (AvgIpc) is 3.03. The largest absolute Gasteiger partial charge is 0.298 e. The summed E-state index contributed by atoms with van der Waals surface area (Å²) in [4.78, 5) is 17.0. The number of amides is 1. The van der Waals surface area contributed by atoms with Gasteiger partial charge < -0.3 is 0 Å². The molecule has 27 heavy (non-hydrogen) atoms. The number of hydrogen-bond acceptors (Lipinski definition) is 5. The van der Waals surface area contributed by atoms with Gasteiger partial charge in [-0.1, -0.05) is 31.3 Å². The van der Waals surface area contributed by atoms with Crippen LogP contribution < -0.4 is 5.32 Å². The maximum atomic E-state index is 12.5. The molecular weight excluding hydrogens is 382 g/mol. The molecule has 0 aliphatic heterocycles. The van der Waals surface area contributed by atoms with E-state index in [2.05, 4.69) is 10.3 Å². The van der Waals surface area contributed by atoms with Gasteiger partial charge in [-0.05, 0) is 48.9 Å². The highest BCUT2D eigenvalue weighted by atomic mass is 32.2. The molecule has 0 spiro atoms. The summed E-state index contributed by atoms with van der Waals surface area (Å²) < 4.78 is 27.4.